The monoisotopic (exact) mass is 447 g/mol. The van der Waals surface area contributed by atoms with Gasteiger partial charge in [0, 0.05) is 31.1 Å². The molecule has 2 atom stereocenters. The summed E-state index contributed by atoms with van der Waals surface area (Å²) in [6, 6.07) is 19.2. The molecule has 2 aromatic carbocycles. The van der Waals surface area contributed by atoms with Crippen molar-refractivity contribution >= 4 is 22.8 Å². The Morgan fingerprint density at radius 1 is 1.09 bits per heavy atom. The van der Waals surface area contributed by atoms with E-state index in [1.807, 2.05) is 30.3 Å². The SMILES string of the molecule is CC(C)C[C@H](NC(=O)c1cc2ccccc2o1)C(=O)N[C@H]1CCN(CCc2ccccc2)C1. The van der Waals surface area contributed by atoms with Crippen LogP contribution in [0.25, 0.3) is 11.0 Å². The highest BCUT2D eigenvalue weighted by molar-refractivity contribution is 5.98. The minimum Gasteiger partial charge on any atom is -0.451 e. The normalized spacial score (nSPS) is 17.4. The van der Waals surface area contributed by atoms with E-state index in [1.165, 1.54) is 5.56 Å². The van der Waals surface area contributed by atoms with E-state index < -0.39 is 6.04 Å². The van der Waals surface area contributed by atoms with Crippen LogP contribution < -0.4 is 10.6 Å². The number of benzene rings is 2. The van der Waals surface area contributed by atoms with Gasteiger partial charge in [-0.05, 0) is 42.9 Å². The van der Waals surface area contributed by atoms with Gasteiger partial charge in [-0.25, -0.2) is 0 Å². The van der Waals surface area contributed by atoms with Gasteiger partial charge in [-0.3, -0.25) is 9.59 Å². The van der Waals surface area contributed by atoms with E-state index in [4.69, 9.17) is 4.42 Å². The number of amides is 2. The quantitative estimate of drug-likeness (QED) is 0.520. The number of nitrogens with zero attached hydrogens (tertiary/aromatic N) is 1. The molecule has 2 heterocycles. The molecule has 0 saturated carbocycles. The lowest BCUT2D eigenvalue weighted by atomic mass is 10.0. The van der Waals surface area contributed by atoms with Crippen LogP contribution in [-0.2, 0) is 11.2 Å². The van der Waals surface area contributed by atoms with E-state index in [9.17, 15) is 9.59 Å². The van der Waals surface area contributed by atoms with Gasteiger partial charge < -0.3 is 20.0 Å². The second-order valence-corrected chi connectivity index (χ2v) is 9.33. The van der Waals surface area contributed by atoms with Crippen LogP contribution in [0.1, 0.15) is 42.8 Å². The predicted octanol–water partition coefficient (Wildman–Crippen LogP) is 4.01. The van der Waals surface area contributed by atoms with Crippen LogP contribution in [0.5, 0.6) is 0 Å². The Hall–Kier alpha value is -3.12. The average Bonchev–Trinajstić information content (AvgIpc) is 3.44. The fraction of sp³-hybridized carbons (Fsp3) is 0.407. The van der Waals surface area contributed by atoms with Crippen molar-refractivity contribution in [1.82, 2.24) is 15.5 Å². The van der Waals surface area contributed by atoms with E-state index in [0.717, 1.165) is 37.9 Å². The molecule has 6 heteroatoms. The van der Waals surface area contributed by atoms with Crippen LogP contribution in [0.2, 0.25) is 0 Å². The van der Waals surface area contributed by atoms with Crippen molar-refractivity contribution in [2.75, 3.05) is 19.6 Å². The summed E-state index contributed by atoms with van der Waals surface area (Å²) >= 11 is 0. The summed E-state index contributed by atoms with van der Waals surface area (Å²) in [5, 5.41) is 6.94. The number of fused-ring (bicyclic) bond motifs is 1. The Balaban J connectivity index is 1.32. The number of furan rings is 1. The lowest BCUT2D eigenvalue weighted by Crippen LogP contribution is -2.50. The van der Waals surface area contributed by atoms with Gasteiger partial charge in [0.15, 0.2) is 5.76 Å². The van der Waals surface area contributed by atoms with Crippen molar-refractivity contribution < 1.29 is 14.0 Å². The number of hydrogen-bond acceptors (Lipinski definition) is 4. The minimum atomic E-state index is -0.593. The Bertz CT molecular complexity index is 1040. The summed E-state index contributed by atoms with van der Waals surface area (Å²) in [6.07, 6.45) is 2.50. The number of carbonyl (C=O) groups excluding carboxylic acids is 2. The molecule has 0 bridgehead atoms. The van der Waals surface area contributed by atoms with Crippen LogP contribution in [0.4, 0.5) is 0 Å². The van der Waals surface area contributed by atoms with E-state index in [2.05, 4.69) is 53.6 Å². The maximum absolute atomic E-state index is 13.1. The van der Waals surface area contributed by atoms with E-state index >= 15 is 0 Å². The molecule has 0 aliphatic carbocycles. The Labute approximate surface area is 195 Å². The standard InChI is InChI=1S/C27H33N3O3/c1-19(2)16-23(29-27(32)25-17-21-10-6-7-11-24(21)33-25)26(31)28-22-13-15-30(18-22)14-12-20-8-4-3-5-9-20/h3-11,17,19,22-23H,12-16,18H2,1-2H3,(H,28,31)(H,29,32)/t22-,23-/m0/s1. The van der Waals surface area contributed by atoms with Gasteiger partial charge in [0.05, 0.1) is 0 Å². The maximum atomic E-state index is 13.1. The topological polar surface area (TPSA) is 74.6 Å². The highest BCUT2D eigenvalue weighted by atomic mass is 16.3. The maximum Gasteiger partial charge on any atom is 0.287 e. The largest absolute Gasteiger partial charge is 0.451 e. The summed E-state index contributed by atoms with van der Waals surface area (Å²) in [5.41, 5.74) is 1.99. The van der Waals surface area contributed by atoms with E-state index in [1.54, 1.807) is 6.07 Å². The summed E-state index contributed by atoms with van der Waals surface area (Å²) in [5.74, 6) is 0.0133. The van der Waals surface area contributed by atoms with Gasteiger partial charge >= 0.3 is 0 Å². The Morgan fingerprint density at radius 3 is 2.61 bits per heavy atom. The molecule has 6 nitrogen and oxygen atoms in total. The highest BCUT2D eigenvalue weighted by Crippen LogP contribution is 2.19. The number of nitrogens with one attached hydrogen (secondary N) is 2. The molecule has 1 fully saturated rings. The fourth-order valence-electron chi connectivity index (χ4n) is 4.41. The first-order valence-corrected chi connectivity index (χ1v) is 11.8. The first-order valence-electron chi connectivity index (χ1n) is 11.8. The first kappa shape index (κ1) is 23.1. The van der Waals surface area contributed by atoms with Crippen molar-refractivity contribution in [1.29, 1.82) is 0 Å². The van der Waals surface area contributed by atoms with Crippen LogP contribution in [0, 0.1) is 5.92 Å². The van der Waals surface area contributed by atoms with Crippen LogP contribution in [0.15, 0.2) is 65.1 Å². The first-order chi connectivity index (χ1) is 16.0. The molecule has 2 N–H and O–H groups in total. The van der Waals surface area contributed by atoms with Gasteiger partial charge in [0.1, 0.15) is 11.6 Å². The summed E-state index contributed by atoms with van der Waals surface area (Å²) in [4.78, 5) is 28.3. The van der Waals surface area contributed by atoms with Gasteiger partial charge in [-0.15, -0.1) is 0 Å². The number of carbonyl (C=O) groups is 2. The molecule has 1 saturated heterocycles. The van der Waals surface area contributed by atoms with Crippen molar-refractivity contribution in [3.63, 3.8) is 0 Å². The minimum absolute atomic E-state index is 0.103. The third-order valence-electron chi connectivity index (χ3n) is 6.16. The third kappa shape index (κ3) is 6.23. The molecule has 0 radical (unpaired) electrons. The summed E-state index contributed by atoms with van der Waals surface area (Å²) in [6.45, 7) is 6.89. The van der Waals surface area contributed by atoms with Crippen LogP contribution >= 0.6 is 0 Å². The van der Waals surface area contributed by atoms with E-state index in [0.29, 0.717) is 12.0 Å². The van der Waals surface area contributed by atoms with Crippen LogP contribution in [0.3, 0.4) is 0 Å². The highest BCUT2D eigenvalue weighted by Gasteiger charge is 2.29. The zero-order valence-corrected chi connectivity index (χ0v) is 19.4. The number of hydrogen-bond donors (Lipinski definition) is 2. The van der Waals surface area contributed by atoms with Gasteiger partial charge in [-0.1, -0.05) is 62.4 Å². The average molecular weight is 448 g/mol. The van der Waals surface area contributed by atoms with Crippen molar-refractivity contribution in [3.05, 3.63) is 72.0 Å². The molecule has 4 rings (SSSR count). The molecule has 0 unspecified atom stereocenters. The van der Waals surface area contributed by atoms with Gasteiger partial charge in [0.25, 0.3) is 5.91 Å². The molecule has 2 amide bonds. The second kappa shape index (κ2) is 10.7. The molecule has 1 aliphatic rings. The van der Waals surface area contributed by atoms with Crippen LogP contribution in [-0.4, -0.2) is 48.4 Å². The number of para-hydroxylation sites is 1. The molecular weight excluding hydrogens is 414 g/mol. The zero-order chi connectivity index (χ0) is 23.2. The Morgan fingerprint density at radius 2 is 1.85 bits per heavy atom. The zero-order valence-electron chi connectivity index (χ0n) is 19.4. The predicted molar refractivity (Wildman–Crippen MR) is 130 cm³/mol. The number of likely N-dealkylation sites (tertiary alicyclic amines) is 1. The lowest BCUT2D eigenvalue weighted by molar-refractivity contribution is -0.124. The number of rotatable bonds is 9. The van der Waals surface area contributed by atoms with Gasteiger partial charge in [-0.2, -0.15) is 0 Å². The summed E-state index contributed by atoms with van der Waals surface area (Å²) < 4.78 is 5.68. The van der Waals surface area contributed by atoms with E-state index in [-0.39, 0.29) is 29.5 Å². The lowest BCUT2D eigenvalue weighted by Gasteiger charge is -2.22. The molecule has 174 valence electrons. The smallest absolute Gasteiger partial charge is 0.287 e. The molecule has 3 aromatic rings. The fourth-order valence-corrected chi connectivity index (χ4v) is 4.41. The third-order valence-corrected chi connectivity index (χ3v) is 6.16. The molecular formula is C27H33N3O3. The van der Waals surface area contributed by atoms with Crippen molar-refractivity contribution in [2.45, 2.75) is 45.2 Å². The molecule has 1 aromatic heterocycles. The van der Waals surface area contributed by atoms with Crippen molar-refractivity contribution in [2.24, 2.45) is 5.92 Å². The molecule has 0 spiro atoms. The molecule has 1 aliphatic heterocycles. The summed E-state index contributed by atoms with van der Waals surface area (Å²) in [7, 11) is 0. The second-order valence-electron chi connectivity index (χ2n) is 9.33. The molecule has 33 heavy (non-hydrogen) atoms. The Kier molecular flexibility index (Phi) is 7.45. The van der Waals surface area contributed by atoms with Gasteiger partial charge in [0.2, 0.25) is 5.91 Å². The van der Waals surface area contributed by atoms with Crippen molar-refractivity contribution in [3.8, 4) is 0 Å².